The smallest absolute Gasteiger partial charge is 0.151 e. The van der Waals surface area contributed by atoms with Crippen molar-refractivity contribution >= 4 is 11.5 Å². The van der Waals surface area contributed by atoms with Crippen LogP contribution >= 0.6 is 0 Å². The van der Waals surface area contributed by atoms with Gasteiger partial charge in [0, 0.05) is 20.3 Å². The van der Waals surface area contributed by atoms with Crippen molar-refractivity contribution in [3.8, 4) is 0 Å². The lowest BCUT2D eigenvalue weighted by Crippen LogP contribution is -2.16. The minimum Gasteiger partial charge on any atom is -0.375 e. The molecule has 0 aliphatic rings. The molecule has 0 bridgehead atoms. The summed E-state index contributed by atoms with van der Waals surface area (Å²) in [5.41, 5.74) is 2.38. The first-order valence-corrected chi connectivity index (χ1v) is 6.66. The summed E-state index contributed by atoms with van der Waals surface area (Å²) in [4.78, 5) is 6.45. The van der Waals surface area contributed by atoms with E-state index in [9.17, 15) is 0 Å². The molecule has 2 rings (SSSR count). The van der Waals surface area contributed by atoms with Crippen molar-refractivity contribution in [3.05, 3.63) is 54.2 Å². The average Bonchev–Trinajstić information content (AvgIpc) is 2.46. The van der Waals surface area contributed by atoms with Crippen molar-refractivity contribution < 1.29 is 0 Å². The van der Waals surface area contributed by atoms with Gasteiger partial charge in [-0.3, -0.25) is 0 Å². The molecule has 19 heavy (non-hydrogen) atoms. The highest BCUT2D eigenvalue weighted by Crippen LogP contribution is 2.27. The number of rotatable bonds is 5. The second kappa shape index (κ2) is 6.23. The van der Waals surface area contributed by atoms with E-state index in [2.05, 4.69) is 47.6 Å². The van der Waals surface area contributed by atoms with Crippen molar-refractivity contribution in [3.63, 3.8) is 0 Å². The zero-order valence-corrected chi connectivity index (χ0v) is 11.8. The summed E-state index contributed by atoms with van der Waals surface area (Å²) >= 11 is 0. The summed E-state index contributed by atoms with van der Waals surface area (Å²) in [6, 6.07) is 14.9. The molecule has 0 saturated carbocycles. The summed E-state index contributed by atoms with van der Waals surface area (Å²) in [6.45, 7) is 2.19. The number of benzene rings is 1. The van der Waals surface area contributed by atoms with E-state index < -0.39 is 0 Å². The van der Waals surface area contributed by atoms with Crippen molar-refractivity contribution in [1.82, 2.24) is 4.98 Å². The van der Waals surface area contributed by atoms with Gasteiger partial charge < -0.3 is 10.2 Å². The minimum atomic E-state index is 0.309. The summed E-state index contributed by atoms with van der Waals surface area (Å²) in [7, 11) is 4.02. The van der Waals surface area contributed by atoms with E-state index in [4.69, 9.17) is 0 Å². The third-order valence-corrected chi connectivity index (χ3v) is 3.15. The maximum atomic E-state index is 4.42. The fraction of sp³-hybridized carbons (Fsp3) is 0.312. The van der Waals surface area contributed by atoms with E-state index in [-0.39, 0.29) is 0 Å². The molecule has 0 radical (unpaired) electrons. The second-order valence-corrected chi connectivity index (χ2v) is 4.78. The number of hydrogen-bond donors (Lipinski definition) is 1. The van der Waals surface area contributed by atoms with E-state index >= 15 is 0 Å². The Morgan fingerprint density at radius 1 is 1.11 bits per heavy atom. The van der Waals surface area contributed by atoms with Crippen LogP contribution in [0.2, 0.25) is 0 Å². The monoisotopic (exact) mass is 255 g/mol. The Morgan fingerprint density at radius 2 is 1.84 bits per heavy atom. The Hall–Kier alpha value is -2.03. The van der Waals surface area contributed by atoms with Crippen molar-refractivity contribution in [2.75, 3.05) is 24.3 Å². The Labute approximate surface area is 115 Å². The molecule has 0 amide bonds. The Bertz CT molecular complexity index is 508. The molecule has 1 aromatic heterocycles. The van der Waals surface area contributed by atoms with Gasteiger partial charge in [-0.05, 0) is 24.1 Å². The van der Waals surface area contributed by atoms with Gasteiger partial charge in [0.25, 0.3) is 0 Å². The zero-order chi connectivity index (χ0) is 13.7. The molecule has 1 atom stereocenters. The van der Waals surface area contributed by atoms with Crippen LogP contribution in [-0.2, 0) is 0 Å². The third kappa shape index (κ3) is 3.25. The average molecular weight is 255 g/mol. The topological polar surface area (TPSA) is 28.2 Å². The number of aromatic nitrogens is 1. The van der Waals surface area contributed by atoms with Crippen molar-refractivity contribution in [2.24, 2.45) is 0 Å². The summed E-state index contributed by atoms with van der Waals surface area (Å²) in [5.74, 6) is 0.969. The summed E-state index contributed by atoms with van der Waals surface area (Å²) < 4.78 is 0. The van der Waals surface area contributed by atoms with Crippen LogP contribution in [0.5, 0.6) is 0 Å². The number of nitrogens with one attached hydrogen (secondary N) is 1. The van der Waals surface area contributed by atoms with Crippen LogP contribution in [0.3, 0.4) is 0 Å². The van der Waals surface area contributed by atoms with Gasteiger partial charge in [-0.15, -0.1) is 0 Å². The SMILES string of the molecule is CCC(Nc1cccnc1N(C)C)c1ccccc1. The lowest BCUT2D eigenvalue weighted by atomic mass is 10.0. The van der Waals surface area contributed by atoms with Crippen molar-refractivity contribution in [1.29, 1.82) is 0 Å². The molecule has 100 valence electrons. The Kier molecular flexibility index (Phi) is 4.39. The first-order valence-electron chi connectivity index (χ1n) is 6.66. The van der Waals surface area contributed by atoms with Gasteiger partial charge in [0.15, 0.2) is 5.82 Å². The largest absolute Gasteiger partial charge is 0.375 e. The van der Waals surface area contributed by atoms with Crippen LogP contribution in [0, 0.1) is 0 Å². The van der Waals surface area contributed by atoms with Crippen LogP contribution in [0.1, 0.15) is 24.9 Å². The van der Waals surface area contributed by atoms with Gasteiger partial charge >= 0.3 is 0 Å². The molecule has 0 spiro atoms. The molecule has 2 aromatic rings. The molecule has 3 heteroatoms. The summed E-state index contributed by atoms with van der Waals surface area (Å²) in [5, 5.41) is 3.59. The number of nitrogens with zero attached hydrogens (tertiary/aromatic N) is 2. The van der Waals surface area contributed by atoms with Gasteiger partial charge in [-0.2, -0.15) is 0 Å². The van der Waals surface area contributed by atoms with E-state index in [0.29, 0.717) is 6.04 Å². The first-order chi connectivity index (χ1) is 9.22. The van der Waals surface area contributed by atoms with Crippen LogP contribution in [0.4, 0.5) is 11.5 Å². The molecular formula is C16H21N3. The van der Waals surface area contributed by atoms with Gasteiger partial charge in [0.05, 0.1) is 11.7 Å². The molecule has 0 aliphatic carbocycles. The van der Waals surface area contributed by atoms with Crippen LogP contribution in [0.15, 0.2) is 48.7 Å². The standard InChI is InChI=1S/C16H21N3/c1-4-14(13-9-6-5-7-10-13)18-15-11-8-12-17-16(15)19(2)3/h5-12,14,18H,4H2,1-3H3. The fourth-order valence-corrected chi connectivity index (χ4v) is 2.16. The third-order valence-electron chi connectivity index (χ3n) is 3.15. The Morgan fingerprint density at radius 3 is 2.47 bits per heavy atom. The first kappa shape index (κ1) is 13.4. The number of pyridine rings is 1. The number of anilines is 2. The predicted molar refractivity (Wildman–Crippen MR) is 81.7 cm³/mol. The zero-order valence-electron chi connectivity index (χ0n) is 11.8. The maximum Gasteiger partial charge on any atom is 0.151 e. The lowest BCUT2D eigenvalue weighted by molar-refractivity contribution is 0.748. The van der Waals surface area contributed by atoms with E-state index in [1.165, 1.54) is 5.56 Å². The van der Waals surface area contributed by atoms with Gasteiger partial charge in [0.1, 0.15) is 0 Å². The van der Waals surface area contributed by atoms with Crippen LogP contribution in [-0.4, -0.2) is 19.1 Å². The molecule has 1 N–H and O–H groups in total. The summed E-state index contributed by atoms with van der Waals surface area (Å²) in [6.07, 6.45) is 2.86. The molecule has 1 unspecified atom stereocenters. The molecule has 1 aromatic carbocycles. The Balaban J connectivity index is 2.24. The second-order valence-electron chi connectivity index (χ2n) is 4.78. The van der Waals surface area contributed by atoms with Gasteiger partial charge in [-0.1, -0.05) is 37.3 Å². The minimum absolute atomic E-state index is 0.309. The highest BCUT2D eigenvalue weighted by atomic mass is 15.2. The molecule has 3 nitrogen and oxygen atoms in total. The molecular weight excluding hydrogens is 234 g/mol. The van der Waals surface area contributed by atoms with E-state index in [0.717, 1.165) is 17.9 Å². The quantitative estimate of drug-likeness (QED) is 0.882. The molecule has 0 saturated heterocycles. The lowest BCUT2D eigenvalue weighted by Gasteiger charge is -2.22. The van der Waals surface area contributed by atoms with Crippen molar-refractivity contribution in [2.45, 2.75) is 19.4 Å². The van der Waals surface area contributed by atoms with Gasteiger partial charge in [-0.25, -0.2) is 4.98 Å². The molecule has 0 fully saturated rings. The highest BCUT2D eigenvalue weighted by Gasteiger charge is 2.12. The fourth-order valence-electron chi connectivity index (χ4n) is 2.16. The number of hydrogen-bond acceptors (Lipinski definition) is 3. The molecule has 0 aliphatic heterocycles. The predicted octanol–water partition coefficient (Wildman–Crippen LogP) is 3.71. The van der Waals surface area contributed by atoms with Gasteiger partial charge in [0.2, 0.25) is 0 Å². The maximum absolute atomic E-state index is 4.42. The molecule has 1 heterocycles. The van der Waals surface area contributed by atoms with E-state index in [1.54, 1.807) is 0 Å². The van der Waals surface area contributed by atoms with E-state index in [1.807, 2.05) is 37.3 Å². The van der Waals surface area contributed by atoms with Crippen LogP contribution in [0.25, 0.3) is 0 Å². The highest BCUT2D eigenvalue weighted by molar-refractivity contribution is 5.65. The normalized spacial score (nSPS) is 11.9. The van der Waals surface area contributed by atoms with Crippen LogP contribution < -0.4 is 10.2 Å².